The summed E-state index contributed by atoms with van der Waals surface area (Å²) in [7, 11) is 9.64. The Morgan fingerprint density at radius 2 is 0.833 bits per heavy atom. The van der Waals surface area contributed by atoms with Gasteiger partial charge in [0, 0.05) is 50.2 Å². The molecule has 3 saturated carbocycles. The SMILES string of the molecule is CC1CCN(Cc2ccc(O)c3c2C[C@H]2C[C@H]4[C@H](N(C)C)C(O)=C(C(N)=O)C(O)[C@@]4(O)C(=O)C2=C3O)CC1.CC1CCNCC1.CN(C)[C@@H]1C(O)=C(C(N)=O)C(O)[C@@]2(O)C(=O)C3=C(O)c4c(O)ccc(C=O)c4C[C@H]3C[C@@H]12.CN(C)[C@@H]1C(O)=C(C(N)=O)C(O)[C@@]2(O)C(=O)C3=C(O)c4c(O)ccc(I)c4C[C@H]3C[C@@H]12. The lowest BCUT2D eigenvalue weighted by molar-refractivity contribution is -0.171. The van der Waals surface area contributed by atoms with Crippen molar-refractivity contribution in [3.8, 4) is 17.2 Å². The van der Waals surface area contributed by atoms with Crippen molar-refractivity contribution in [2.75, 3.05) is 68.5 Å². The second kappa shape index (κ2) is 30.2. The number of amides is 3. The Balaban J connectivity index is 0.000000155. The maximum absolute atomic E-state index is 13.9. The van der Waals surface area contributed by atoms with Gasteiger partial charge in [0.15, 0.2) is 34.2 Å². The van der Waals surface area contributed by atoms with Crippen LogP contribution in [0.1, 0.15) is 108 Å². The molecular formula is C77H97IN8O22. The molecule has 11 aliphatic rings. The normalized spacial score (nSPS) is 31.8. The summed E-state index contributed by atoms with van der Waals surface area (Å²) in [4.78, 5) is 95.7. The zero-order valence-corrected chi connectivity index (χ0v) is 63.4. The molecule has 22 N–H and O–H groups in total. The summed E-state index contributed by atoms with van der Waals surface area (Å²) in [5, 5.41) is 168. The summed E-state index contributed by atoms with van der Waals surface area (Å²) < 4.78 is 0.802. The van der Waals surface area contributed by atoms with Gasteiger partial charge >= 0.3 is 0 Å². The van der Waals surface area contributed by atoms with E-state index in [9.17, 15) is 110 Å². The number of hydrogen-bond acceptors (Lipinski definition) is 27. The minimum absolute atomic E-state index is 0.0328. The number of rotatable bonds is 9. The zero-order chi connectivity index (χ0) is 79.5. The lowest BCUT2D eigenvalue weighted by atomic mass is 9.56. The highest BCUT2D eigenvalue weighted by molar-refractivity contribution is 14.1. The van der Waals surface area contributed by atoms with Crippen molar-refractivity contribution in [3.05, 3.63) is 135 Å². The van der Waals surface area contributed by atoms with E-state index in [1.807, 2.05) is 6.07 Å². The second-order valence-corrected chi connectivity index (χ2v) is 32.6. The highest BCUT2D eigenvalue weighted by Crippen LogP contribution is 2.58. The molecule has 3 unspecified atom stereocenters. The van der Waals surface area contributed by atoms with Crippen molar-refractivity contribution in [3.63, 3.8) is 0 Å². The molecule has 14 rings (SSSR count). The molecule has 2 saturated heterocycles. The van der Waals surface area contributed by atoms with E-state index in [-0.39, 0.29) is 81.9 Å². The molecule has 31 heteroatoms. The van der Waals surface area contributed by atoms with Crippen LogP contribution in [0.5, 0.6) is 17.2 Å². The van der Waals surface area contributed by atoms with Crippen LogP contribution in [0.4, 0.5) is 0 Å². The average Bonchev–Trinajstić information content (AvgIpc) is 0.709. The van der Waals surface area contributed by atoms with Crippen molar-refractivity contribution >= 4 is 81.2 Å². The van der Waals surface area contributed by atoms with E-state index < -0.39 is 175 Å². The molecule has 2 heterocycles. The first-order valence-electron chi connectivity index (χ1n) is 36.1. The third-order valence-electron chi connectivity index (χ3n) is 24.5. The number of nitrogens with one attached hydrogen (secondary N) is 1. The maximum Gasteiger partial charge on any atom is 0.250 e. The third kappa shape index (κ3) is 13.0. The number of aromatic hydroxyl groups is 3. The predicted molar refractivity (Wildman–Crippen MR) is 399 cm³/mol. The van der Waals surface area contributed by atoms with Crippen molar-refractivity contribution in [2.45, 2.75) is 138 Å². The van der Waals surface area contributed by atoms with Gasteiger partial charge in [-0.1, -0.05) is 19.9 Å². The molecule has 0 radical (unpaired) electrons. The lowest BCUT2D eigenvalue weighted by Crippen LogP contribution is -2.68. The van der Waals surface area contributed by atoms with Crippen LogP contribution >= 0.6 is 22.6 Å². The number of benzene rings is 3. The third-order valence-corrected chi connectivity index (χ3v) is 25.5. The summed E-state index contributed by atoms with van der Waals surface area (Å²) in [6.07, 6.45) is 0.373. The maximum atomic E-state index is 13.9. The van der Waals surface area contributed by atoms with Gasteiger partial charge < -0.3 is 99.1 Å². The summed E-state index contributed by atoms with van der Waals surface area (Å²) in [6.45, 7) is 9.60. The van der Waals surface area contributed by atoms with Crippen LogP contribution in [0.2, 0.25) is 0 Å². The quantitative estimate of drug-likeness (QED) is 0.107. The van der Waals surface area contributed by atoms with Gasteiger partial charge in [-0.2, -0.15) is 0 Å². The van der Waals surface area contributed by atoms with Gasteiger partial charge in [-0.05, 0) is 237 Å². The van der Waals surface area contributed by atoms with Crippen LogP contribution in [0.25, 0.3) is 17.3 Å². The monoisotopic (exact) mass is 1610 g/mol. The number of carbonyl (C=O) groups excluding carboxylic acids is 7. The number of aliphatic hydroxyl groups excluding tert-OH is 9. The number of halogens is 1. The van der Waals surface area contributed by atoms with Crippen LogP contribution in [0.15, 0.2) is 87.1 Å². The Morgan fingerprint density at radius 3 is 1.18 bits per heavy atom. The number of nitrogens with two attached hydrogens (primary N) is 3. The molecule has 0 spiro atoms. The van der Waals surface area contributed by atoms with Gasteiger partial charge in [-0.25, -0.2) is 0 Å². The lowest BCUT2D eigenvalue weighted by Gasteiger charge is -2.53. The minimum atomic E-state index is -2.55. The fourth-order valence-electron chi connectivity index (χ4n) is 19.0. The van der Waals surface area contributed by atoms with Gasteiger partial charge in [0.1, 0.15) is 76.4 Å². The standard InChI is InChI=1S/C28H37N3O7.C22H24N2O8.C21H23IN2O7.C6H13N/c1-13-6-8-31(9-7-13)12-14-4-5-18(32)20-16(14)10-15-11-17-22(30(2)3)24(34)21(27(29)37)26(36)28(17,38)25(35)19(15)23(20)33;1-24(2)16-11-6-9-5-10-8(7-25)3-4-12(26)14(10)17(27)13(9)19(29)22(11,32)20(30)15(18(16)28)21(23)31;1-24(2)15-9-6-7-5-8-10(22)3-4-11(25)13(8)16(26)12(7)18(28)21(9,31)19(29)14(17(15)27)20(23)30;1-6-2-4-7-5-3-6/h4-5,13,15,17,22,26,32-34,36,38H,6-12H2,1-3H3,(H2,29,37);3-4,7,9,11,16,20,26-28,30,32H,5-6H2,1-2H3,(H2,23,31);3-4,7,9,15,19,25-27,29,31H,5-6H2,1-2H3,(H2,23,30);6-7H,2-5H2,1H3/t15-,17-,22-,26?,28-;9-,11-,16-,20?,22-;7-,9-,15-,19?,21-;/m000./s1. The van der Waals surface area contributed by atoms with E-state index in [0.29, 0.717) is 42.7 Å². The molecular weight excluding hydrogens is 1520 g/mol. The number of hydrogen-bond donors (Lipinski definition) is 19. The van der Waals surface area contributed by atoms with Crippen LogP contribution in [0.3, 0.4) is 0 Å². The predicted octanol–water partition coefficient (Wildman–Crippen LogP) is 1.92. The molecule has 5 fully saturated rings. The van der Waals surface area contributed by atoms with E-state index >= 15 is 0 Å². The first kappa shape index (κ1) is 80.7. The number of phenols is 3. The number of piperidine rings is 2. The summed E-state index contributed by atoms with van der Waals surface area (Å²) in [5.41, 5.74) is 9.42. The average molecular weight is 1610 g/mol. The number of primary amides is 3. The molecule has 0 bridgehead atoms. The molecule has 3 aromatic rings. The fraction of sp³-hybridized carbons (Fsp3) is 0.519. The highest BCUT2D eigenvalue weighted by atomic mass is 127. The van der Waals surface area contributed by atoms with Crippen LogP contribution in [-0.2, 0) is 54.6 Å². The molecule has 2 aliphatic heterocycles. The topological polar surface area (TPSA) is 526 Å². The van der Waals surface area contributed by atoms with Gasteiger partial charge in [0.25, 0.3) is 17.7 Å². The van der Waals surface area contributed by atoms with Crippen molar-refractivity contribution in [2.24, 2.45) is 64.5 Å². The number of aldehydes is 1. The van der Waals surface area contributed by atoms with E-state index in [4.69, 9.17) is 17.2 Å². The largest absolute Gasteiger partial charge is 0.510 e. The number of likely N-dealkylation sites (N-methyl/N-ethyl adjacent to an activating group) is 3. The number of aliphatic hydroxyl groups is 12. The Labute approximate surface area is 636 Å². The number of carbonyl (C=O) groups is 7. The molecule has 15 atom stereocenters. The van der Waals surface area contributed by atoms with E-state index in [1.165, 1.54) is 55.1 Å². The summed E-state index contributed by atoms with van der Waals surface area (Å²) >= 11 is 2.08. The van der Waals surface area contributed by atoms with Crippen LogP contribution in [0, 0.1) is 50.9 Å². The Morgan fingerprint density at radius 1 is 0.509 bits per heavy atom. The summed E-state index contributed by atoms with van der Waals surface area (Å²) in [5.74, 6) is -13.1. The van der Waals surface area contributed by atoms with E-state index in [2.05, 4.69) is 46.7 Å². The molecule has 3 aromatic carbocycles. The van der Waals surface area contributed by atoms with Crippen molar-refractivity contribution in [1.29, 1.82) is 0 Å². The molecule has 9 aliphatic carbocycles. The zero-order valence-electron chi connectivity index (χ0n) is 61.2. The van der Waals surface area contributed by atoms with Crippen molar-refractivity contribution < 1.29 is 110 Å². The number of phenolic OH excluding ortho intramolecular Hbond substituents is 3. The molecule has 108 heavy (non-hydrogen) atoms. The van der Waals surface area contributed by atoms with Gasteiger partial charge in [0.2, 0.25) is 0 Å². The number of nitrogens with zero attached hydrogens (tertiary/aromatic N) is 4. The summed E-state index contributed by atoms with van der Waals surface area (Å²) in [6, 6.07) is 6.16. The molecule has 3 amide bonds. The first-order valence-corrected chi connectivity index (χ1v) is 37.1. The number of Topliss-reactive ketones (excluding diaryl/α,β-unsaturated/α-hetero) is 3. The van der Waals surface area contributed by atoms with Gasteiger partial charge in [-0.15, -0.1) is 0 Å². The highest BCUT2D eigenvalue weighted by Gasteiger charge is 2.68. The van der Waals surface area contributed by atoms with Gasteiger partial charge in [-0.3, -0.25) is 53.2 Å². The Bertz CT molecular complexity index is 4450. The second-order valence-electron chi connectivity index (χ2n) is 31.5. The molecule has 30 nitrogen and oxygen atoms in total. The van der Waals surface area contributed by atoms with Crippen LogP contribution < -0.4 is 22.5 Å². The number of fused-ring (bicyclic) bond motifs is 9. The number of likely N-dealkylation sites (tertiary alicyclic amines) is 1. The minimum Gasteiger partial charge on any atom is -0.510 e. The Hall–Kier alpha value is -8.32. The molecule has 0 aromatic heterocycles. The fourth-order valence-corrected chi connectivity index (χ4v) is 19.7. The van der Waals surface area contributed by atoms with E-state index in [1.54, 1.807) is 58.2 Å². The smallest absolute Gasteiger partial charge is 0.250 e. The Kier molecular flexibility index (Phi) is 22.5. The number of ketones is 3. The van der Waals surface area contributed by atoms with Gasteiger partial charge in [0.05, 0.1) is 51.5 Å². The van der Waals surface area contributed by atoms with Crippen molar-refractivity contribution in [1.82, 2.24) is 24.9 Å². The van der Waals surface area contributed by atoms with E-state index in [0.717, 1.165) is 46.5 Å². The van der Waals surface area contributed by atoms with Crippen LogP contribution in [-0.4, -0.2) is 259 Å². The first-order chi connectivity index (χ1) is 50.6. The molecule has 584 valence electrons.